The molecule has 0 bridgehead atoms. The van der Waals surface area contributed by atoms with Crippen molar-refractivity contribution in [1.82, 2.24) is 10.3 Å². The summed E-state index contributed by atoms with van der Waals surface area (Å²) in [5, 5.41) is 5.86. The standard InChI is InChI=1S/C17H23N3O/c1-3-18-13-8-11-20(12-9-13)17-15-5-4-6-16(21-2)14(15)7-10-19-17/h4-7,10,13,18H,3,8-9,11-12H2,1-2H3. The van der Waals surface area contributed by atoms with Gasteiger partial charge in [-0.3, -0.25) is 0 Å². The van der Waals surface area contributed by atoms with E-state index in [4.69, 9.17) is 4.74 Å². The Kier molecular flexibility index (Phi) is 4.25. The maximum atomic E-state index is 5.46. The van der Waals surface area contributed by atoms with E-state index in [1.165, 1.54) is 18.2 Å². The normalized spacial score (nSPS) is 16.4. The number of ether oxygens (including phenoxy) is 1. The maximum absolute atomic E-state index is 5.46. The van der Waals surface area contributed by atoms with Gasteiger partial charge in [0, 0.05) is 36.1 Å². The first kappa shape index (κ1) is 14.1. The second-order valence-electron chi connectivity index (χ2n) is 5.51. The van der Waals surface area contributed by atoms with Crippen LogP contribution in [0, 0.1) is 0 Å². The van der Waals surface area contributed by atoms with Gasteiger partial charge in [0.25, 0.3) is 0 Å². The average molecular weight is 285 g/mol. The highest BCUT2D eigenvalue weighted by atomic mass is 16.5. The predicted molar refractivity (Wildman–Crippen MR) is 87.2 cm³/mol. The van der Waals surface area contributed by atoms with Gasteiger partial charge in [0.1, 0.15) is 11.6 Å². The van der Waals surface area contributed by atoms with Crippen molar-refractivity contribution >= 4 is 16.6 Å². The first-order valence-corrected chi connectivity index (χ1v) is 7.73. The van der Waals surface area contributed by atoms with E-state index in [9.17, 15) is 0 Å². The summed E-state index contributed by atoms with van der Waals surface area (Å²) in [6, 6.07) is 8.86. The van der Waals surface area contributed by atoms with Gasteiger partial charge in [0.2, 0.25) is 0 Å². The monoisotopic (exact) mass is 285 g/mol. The van der Waals surface area contributed by atoms with Crippen molar-refractivity contribution < 1.29 is 4.74 Å². The lowest BCUT2D eigenvalue weighted by atomic mass is 10.0. The Morgan fingerprint density at radius 3 is 2.76 bits per heavy atom. The van der Waals surface area contributed by atoms with E-state index >= 15 is 0 Å². The Morgan fingerprint density at radius 2 is 2.05 bits per heavy atom. The second kappa shape index (κ2) is 6.31. The molecule has 0 atom stereocenters. The number of nitrogens with one attached hydrogen (secondary N) is 1. The van der Waals surface area contributed by atoms with Crippen LogP contribution in [0.3, 0.4) is 0 Å². The Bertz CT molecular complexity index is 606. The summed E-state index contributed by atoms with van der Waals surface area (Å²) < 4.78 is 5.46. The average Bonchev–Trinajstić information content (AvgIpc) is 2.55. The van der Waals surface area contributed by atoms with Crippen LogP contribution in [0.5, 0.6) is 5.75 Å². The van der Waals surface area contributed by atoms with E-state index in [1.807, 2.05) is 24.4 Å². The summed E-state index contributed by atoms with van der Waals surface area (Å²) in [7, 11) is 1.72. The van der Waals surface area contributed by atoms with Crippen LogP contribution in [-0.4, -0.2) is 37.8 Å². The topological polar surface area (TPSA) is 37.4 Å². The zero-order chi connectivity index (χ0) is 14.7. The molecule has 0 unspecified atom stereocenters. The van der Waals surface area contributed by atoms with Crippen LogP contribution >= 0.6 is 0 Å². The number of rotatable bonds is 4. The molecule has 0 saturated carbocycles. The molecule has 1 aliphatic heterocycles. The Hall–Kier alpha value is -1.81. The van der Waals surface area contributed by atoms with Crippen molar-refractivity contribution in [3.05, 3.63) is 30.5 Å². The van der Waals surface area contributed by atoms with E-state index in [0.29, 0.717) is 6.04 Å². The molecule has 2 aromatic rings. The molecule has 1 aliphatic rings. The third kappa shape index (κ3) is 2.81. The van der Waals surface area contributed by atoms with Crippen LogP contribution in [-0.2, 0) is 0 Å². The molecular formula is C17H23N3O. The van der Waals surface area contributed by atoms with Crippen LogP contribution in [0.4, 0.5) is 5.82 Å². The molecule has 1 aromatic heterocycles. The molecule has 2 heterocycles. The van der Waals surface area contributed by atoms with Crippen LogP contribution in [0.1, 0.15) is 19.8 Å². The van der Waals surface area contributed by atoms with Crippen LogP contribution in [0.15, 0.2) is 30.5 Å². The van der Waals surface area contributed by atoms with Crippen LogP contribution in [0.25, 0.3) is 10.8 Å². The number of hydrogen-bond acceptors (Lipinski definition) is 4. The van der Waals surface area contributed by atoms with E-state index in [1.54, 1.807) is 7.11 Å². The molecule has 112 valence electrons. The molecular weight excluding hydrogens is 262 g/mol. The third-order valence-corrected chi connectivity index (χ3v) is 4.25. The van der Waals surface area contributed by atoms with Crippen molar-refractivity contribution in [2.75, 3.05) is 31.6 Å². The smallest absolute Gasteiger partial charge is 0.136 e. The predicted octanol–water partition coefficient (Wildman–Crippen LogP) is 2.82. The van der Waals surface area contributed by atoms with Crippen molar-refractivity contribution in [2.24, 2.45) is 0 Å². The lowest BCUT2D eigenvalue weighted by molar-refractivity contribution is 0.419. The number of benzene rings is 1. The molecule has 0 amide bonds. The molecule has 3 rings (SSSR count). The van der Waals surface area contributed by atoms with Crippen LogP contribution in [0.2, 0.25) is 0 Å². The van der Waals surface area contributed by atoms with E-state index < -0.39 is 0 Å². The molecule has 1 fully saturated rings. The van der Waals surface area contributed by atoms with Gasteiger partial charge < -0.3 is 15.0 Å². The SMILES string of the molecule is CCNC1CCN(c2nccc3c(OC)cccc23)CC1. The zero-order valence-electron chi connectivity index (χ0n) is 12.8. The minimum Gasteiger partial charge on any atom is -0.496 e. The maximum Gasteiger partial charge on any atom is 0.136 e. The number of fused-ring (bicyclic) bond motifs is 1. The van der Waals surface area contributed by atoms with Gasteiger partial charge in [-0.2, -0.15) is 0 Å². The summed E-state index contributed by atoms with van der Waals surface area (Å²) in [5.41, 5.74) is 0. The molecule has 4 heteroatoms. The quantitative estimate of drug-likeness (QED) is 0.937. The summed E-state index contributed by atoms with van der Waals surface area (Å²) >= 11 is 0. The van der Waals surface area contributed by atoms with Crippen molar-refractivity contribution in [1.29, 1.82) is 0 Å². The van der Waals surface area contributed by atoms with Crippen molar-refractivity contribution in [3.63, 3.8) is 0 Å². The first-order chi connectivity index (χ1) is 10.3. The first-order valence-electron chi connectivity index (χ1n) is 7.73. The van der Waals surface area contributed by atoms with Crippen molar-refractivity contribution in [3.8, 4) is 5.75 Å². The van der Waals surface area contributed by atoms with E-state index in [-0.39, 0.29) is 0 Å². The molecule has 21 heavy (non-hydrogen) atoms. The largest absolute Gasteiger partial charge is 0.496 e. The van der Waals surface area contributed by atoms with Gasteiger partial charge >= 0.3 is 0 Å². The number of aromatic nitrogens is 1. The molecule has 1 aromatic carbocycles. The van der Waals surface area contributed by atoms with E-state index in [2.05, 4.69) is 28.2 Å². The number of nitrogens with zero attached hydrogens (tertiary/aromatic N) is 2. The lowest BCUT2D eigenvalue weighted by Crippen LogP contribution is -2.42. The number of anilines is 1. The highest BCUT2D eigenvalue weighted by molar-refractivity contribution is 5.96. The van der Waals surface area contributed by atoms with E-state index in [0.717, 1.165) is 36.6 Å². The fourth-order valence-electron chi connectivity index (χ4n) is 3.18. The molecule has 1 N–H and O–H groups in total. The van der Waals surface area contributed by atoms with Gasteiger partial charge in [-0.1, -0.05) is 19.1 Å². The Balaban J connectivity index is 1.88. The highest BCUT2D eigenvalue weighted by Crippen LogP contribution is 2.32. The zero-order valence-corrected chi connectivity index (χ0v) is 12.8. The van der Waals surface area contributed by atoms with Gasteiger partial charge in [-0.15, -0.1) is 0 Å². The Morgan fingerprint density at radius 1 is 1.24 bits per heavy atom. The summed E-state index contributed by atoms with van der Waals surface area (Å²) in [6.07, 6.45) is 4.24. The van der Waals surface area contributed by atoms with Crippen molar-refractivity contribution in [2.45, 2.75) is 25.8 Å². The summed E-state index contributed by atoms with van der Waals surface area (Å²) in [5.74, 6) is 2.00. The fourth-order valence-corrected chi connectivity index (χ4v) is 3.18. The molecule has 0 spiro atoms. The fraction of sp³-hybridized carbons (Fsp3) is 0.471. The summed E-state index contributed by atoms with van der Waals surface area (Å²) in [4.78, 5) is 7.03. The lowest BCUT2D eigenvalue weighted by Gasteiger charge is -2.33. The molecule has 0 aliphatic carbocycles. The van der Waals surface area contributed by atoms with Crippen LogP contribution < -0.4 is 15.0 Å². The minimum absolute atomic E-state index is 0.649. The molecule has 1 saturated heterocycles. The summed E-state index contributed by atoms with van der Waals surface area (Å²) in [6.45, 7) is 5.33. The third-order valence-electron chi connectivity index (χ3n) is 4.25. The minimum atomic E-state index is 0.649. The Labute approximate surface area is 126 Å². The highest BCUT2D eigenvalue weighted by Gasteiger charge is 2.21. The number of piperidine rings is 1. The molecule has 0 radical (unpaired) electrons. The van der Waals surface area contributed by atoms with Gasteiger partial charge in [0.05, 0.1) is 7.11 Å². The van der Waals surface area contributed by atoms with Gasteiger partial charge in [0.15, 0.2) is 0 Å². The molecule has 4 nitrogen and oxygen atoms in total. The number of hydrogen-bond donors (Lipinski definition) is 1. The van der Waals surface area contributed by atoms with Gasteiger partial charge in [-0.25, -0.2) is 4.98 Å². The van der Waals surface area contributed by atoms with Gasteiger partial charge in [-0.05, 0) is 31.5 Å². The number of pyridine rings is 1. The second-order valence-corrected chi connectivity index (χ2v) is 5.51. The number of methoxy groups -OCH3 is 1.